The Kier molecular flexibility index (Phi) is 2.38. The molecule has 0 amide bonds. The summed E-state index contributed by atoms with van der Waals surface area (Å²) in [6.45, 7) is 8.62. The van der Waals surface area contributed by atoms with Gasteiger partial charge in [0.1, 0.15) is 0 Å². The Labute approximate surface area is 96.2 Å². The Hall–Kier alpha value is -0.820. The van der Waals surface area contributed by atoms with Gasteiger partial charge in [0.05, 0.1) is 5.69 Å². The van der Waals surface area contributed by atoms with Crippen molar-refractivity contribution in [1.29, 1.82) is 0 Å². The van der Waals surface area contributed by atoms with Crippen LogP contribution in [0, 0.1) is 0 Å². The highest BCUT2D eigenvalue weighted by Crippen LogP contribution is 2.37. The first-order chi connectivity index (χ1) is 6.88. The number of hydrogen-bond acceptors (Lipinski definition) is 1. The molecule has 1 aliphatic heterocycles. The van der Waals surface area contributed by atoms with Crippen LogP contribution >= 0.6 is 11.6 Å². The summed E-state index contributed by atoms with van der Waals surface area (Å²) in [4.78, 5) is 4.52. The van der Waals surface area contributed by atoms with Crippen LogP contribution in [0.15, 0.2) is 17.1 Å². The van der Waals surface area contributed by atoms with Gasteiger partial charge in [0.15, 0.2) is 0 Å². The van der Waals surface area contributed by atoms with Crippen molar-refractivity contribution in [2.24, 2.45) is 4.99 Å². The van der Waals surface area contributed by atoms with Crippen LogP contribution in [0.2, 0.25) is 5.02 Å². The molecular weight excluding hydrogens is 206 g/mol. The zero-order valence-corrected chi connectivity index (χ0v) is 10.4. The lowest BCUT2D eigenvalue weighted by atomic mass is 9.86. The number of benzene rings is 1. The highest BCUT2D eigenvalue weighted by molar-refractivity contribution is 6.32. The zero-order valence-electron chi connectivity index (χ0n) is 9.69. The third kappa shape index (κ3) is 1.93. The van der Waals surface area contributed by atoms with Gasteiger partial charge in [-0.25, -0.2) is 0 Å². The molecule has 2 heteroatoms. The van der Waals surface area contributed by atoms with E-state index in [2.05, 4.69) is 37.9 Å². The normalized spacial score (nSPS) is 15.1. The van der Waals surface area contributed by atoms with Gasteiger partial charge in [0.2, 0.25) is 0 Å². The Morgan fingerprint density at radius 3 is 2.53 bits per heavy atom. The van der Waals surface area contributed by atoms with Crippen LogP contribution in [0.25, 0.3) is 0 Å². The highest BCUT2D eigenvalue weighted by atomic mass is 35.5. The Bertz CT molecular complexity index is 439. The van der Waals surface area contributed by atoms with Gasteiger partial charge < -0.3 is 0 Å². The van der Waals surface area contributed by atoms with Crippen molar-refractivity contribution in [3.63, 3.8) is 0 Å². The number of fused-ring (bicyclic) bond motifs is 1. The molecule has 0 N–H and O–H groups in total. The van der Waals surface area contributed by atoms with Crippen LogP contribution in [-0.4, -0.2) is 5.71 Å². The van der Waals surface area contributed by atoms with Gasteiger partial charge in [-0.05, 0) is 30.0 Å². The van der Waals surface area contributed by atoms with Crippen molar-refractivity contribution >= 4 is 23.0 Å². The molecule has 2 rings (SSSR count). The standard InChI is InChI=1S/C13H16ClN/c1-8-5-10-11(14)6-9(13(2,3)4)7-12(10)15-8/h6-7H,5H2,1-4H3. The number of hydrogen-bond donors (Lipinski definition) is 0. The van der Waals surface area contributed by atoms with Crippen molar-refractivity contribution in [3.05, 3.63) is 28.3 Å². The monoisotopic (exact) mass is 221 g/mol. The van der Waals surface area contributed by atoms with E-state index >= 15 is 0 Å². The molecule has 0 aliphatic carbocycles. The first kappa shape index (κ1) is 10.7. The number of halogens is 1. The summed E-state index contributed by atoms with van der Waals surface area (Å²) >= 11 is 6.27. The molecule has 15 heavy (non-hydrogen) atoms. The lowest BCUT2D eigenvalue weighted by Crippen LogP contribution is -2.11. The number of rotatable bonds is 0. The highest BCUT2D eigenvalue weighted by Gasteiger charge is 2.20. The molecule has 1 aromatic rings. The second-order valence-corrected chi connectivity index (χ2v) is 5.64. The van der Waals surface area contributed by atoms with Crippen LogP contribution < -0.4 is 0 Å². The molecule has 1 aliphatic rings. The Morgan fingerprint density at radius 1 is 1.27 bits per heavy atom. The van der Waals surface area contributed by atoms with Crippen molar-refractivity contribution in [1.82, 2.24) is 0 Å². The van der Waals surface area contributed by atoms with E-state index < -0.39 is 0 Å². The summed E-state index contributed by atoms with van der Waals surface area (Å²) in [7, 11) is 0. The largest absolute Gasteiger partial charge is 0.257 e. The second kappa shape index (κ2) is 3.34. The molecule has 0 radical (unpaired) electrons. The van der Waals surface area contributed by atoms with Crippen LogP contribution in [-0.2, 0) is 11.8 Å². The summed E-state index contributed by atoms with van der Waals surface area (Å²) in [5.74, 6) is 0. The van der Waals surface area contributed by atoms with Crippen LogP contribution in [0.1, 0.15) is 38.8 Å². The van der Waals surface area contributed by atoms with E-state index in [4.69, 9.17) is 11.6 Å². The van der Waals surface area contributed by atoms with Gasteiger partial charge in [-0.2, -0.15) is 0 Å². The van der Waals surface area contributed by atoms with Gasteiger partial charge in [0, 0.05) is 22.7 Å². The fraction of sp³-hybridized carbons (Fsp3) is 0.462. The molecule has 0 spiro atoms. The minimum Gasteiger partial charge on any atom is -0.257 e. The maximum atomic E-state index is 6.27. The molecule has 0 saturated heterocycles. The van der Waals surface area contributed by atoms with Gasteiger partial charge in [-0.15, -0.1) is 0 Å². The molecular formula is C13H16ClN. The SMILES string of the molecule is CC1=Nc2cc(C(C)(C)C)cc(Cl)c2C1. The van der Waals surface area contributed by atoms with E-state index in [1.807, 2.05) is 6.92 Å². The third-order valence-corrected chi connectivity index (χ3v) is 3.12. The van der Waals surface area contributed by atoms with Gasteiger partial charge in [0.25, 0.3) is 0 Å². The van der Waals surface area contributed by atoms with E-state index in [0.29, 0.717) is 0 Å². The summed E-state index contributed by atoms with van der Waals surface area (Å²) in [6.07, 6.45) is 0.901. The van der Waals surface area contributed by atoms with Gasteiger partial charge in [-0.1, -0.05) is 32.4 Å². The van der Waals surface area contributed by atoms with E-state index in [9.17, 15) is 0 Å². The molecule has 0 fully saturated rings. The zero-order chi connectivity index (χ0) is 11.2. The minimum absolute atomic E-state index is 0.130. The average Bonchev–Trinajstić information content (AvgIpc) is 2.44. The van der Waals surface area contributed by atoms with Crippen molar-refractivity contribution in [2.45, 2.75) is 39.5 Å². The molecule has 1 aromatic carbocycles. The van der Waals surface area contributed by atoms with Crippen LogP contribution in [0.3, 0.4) is 0 Å². The third-order valence-electron chi connectivity index (χ3n) is 2.78. The van der Waals surface area contributed by atoms with Crippen molar-refractivity contribution in [3.8, 4) is 0 Å². The predicted octanol–water partition coefficient (Wildman–Crippen LogP) is 4.29. The van der Waals surface area contributed by atoms with Crippen molar-refractivity contribution in [2.75, 3.05) is 0 Å². The quantitative estimate of drug-likeness (QED) is 0.620. The second-order valence-electron chi connectivity index (χ2n) is 5.23. The summed E-state index contributed by atoms with van der Waals surface area (Å²) < 4.78 is 0. The predicted molar refractivity (Wildman–Crippen MR) is 66.6 cm³/mol. The fourth-order valence-electron chi connectivity index (χ4n) is 1.83. The van der Waals surface area contributed by atoms with E-state index in [1.54, 1.807) is 0 Å². The first-order valence-corrected chi connectivity index (χ1v) is 5.63. The Morgan fingerprint density at radius 2 is 1.93 bits per heavy atom. The van der Waals surface area contributed by atoms with E-state index in [1.165, 1.54) is 11.1 Å². The first-order valence-electron chi connectivity index (χ1n) is 5.25. The molecule has 0 aromatic heterocycles. The lowest BCUT2D eigenvalue weighted by molar-refractivity contribution is 0.590. The van der Waals surface area contributed by atoms with Gasteiger partial charge >= 0.3 is 0 Å². The maximum Gasteiger partial charge on any atom is 0.0682 e. The van der Waals surface area contributed by atoms with E-state index in [0.717, 1.165) is 22.8 Å². The molecule has 0 bridgehead atoms. The summed E-state index contributed by atoms with van der Waals surface area (Å²) in [5, 5.41) is 0.859. The van der Waals surface area contributed by atoms with Crippen LogP contribution in [0.5, 0.6) is 0 Å². The van der Waals surface area contributed by atoms with Gasteiger partial charge in [-0.3, -0.25) is 4.99 Å². The number of aliphatic imine (C=N–C) groups is 1. The molecule has 0 saturated carbocycles. The number of nitrogens with zero attached hydrogens (tertiary/aromatic N) is 1. The average molecular weight is 222 g/mol. The summed E-state index contributed by atoms with van der Waals surface area (Å²) in [6, 6.07) is 4.24. The van der Waals surface area contributed by atoms with E-state index in [-0.39, 0.29) is 5.41 Å². The fourth-order valence-corrected chi connectivity index (χ4v) is 2.11. The molecule has 0 unspecified atom stereocenters. The maximum absolute atomic E-state index is 6.27. The lowest BCUT2D eigenvalue weighted by Gasteiger charge is -2.20. The molecule has 0 atom stereocenters. The molecule has 1 nitrogen and oxygen atoms in total. The Balaban J connectivity index is 2.56. The molecule has 80 valence electrons. The molecule has 1 heterocycles. The minimum atomic E-state index is 0.130. The smallest absolute Gasteiger partial charge is 0.0682 e. The van der Waals surface area contributed by atoms with Crippen molar-refractivity contribution < 1.29 is 0 Å². The van der Waals surface area contributed by atoms with Crippen LogP contribution in [0.4, 0.5) is 5.69 Å². The summed E-state index contributed by atoms with van der Waals surface area (Å²) in [5.41, 5.74) is 4.78. The topological polar surface area (TPSA) is 12.4 Å².